The number of carbonyl (C=O) groups is 1. The molecule has 2 aliphatic rings. The highest BCUT2D eigenvalue weighted by atomic mass is 16.5. The minimum Gasteiger partial charge on any atom is -0.464 e. The van der Waals surface area contributed by atoms with E-state index in [2.05, 4.69) is 22.2 Å². The van der Waals surface area contributed by atoms with Crippen LogP contribution in [0.3, 0.4) is 0 Å². The van der Waals surface area contributed by atoms with Crippen LogP contribution in [0.1, 0.15) is 59.5 Å². The Kier molecular flexibility index (Phi) is 5.91. The Labute approximate surface area is 215 Å². The average molecular weight is 501 g/mol. The van der Waals surface area contributed by atoms with Gasteiger partial charge >= 0.3 is 5.97 Å². The molecular formula is C27H32N8O2. The third-order valence-electron chi connectivity index (χ3n) is 7.51. The fourth-order valence-electron chi connectivity index (χ4n) is 5.14. The summed E-state index contributed by atoms with van der Waals surface area (Å²) in [7, 11) is 5.48. The van der Waals surface area contributed by atoms with E-state index in [1.54, 1.807) is 6.33 Å². The number of para-hydroxylation sites is 1. The maximum atomic E-state index is 12.9. The normalized spacial score (nSPS) is 16.9. The number of nitrogens with one attached hydrogen (secondary N) is 1. The number of hydrogen-bond acceptors (Lipinski definition) is 8. The summed E-state index contributed by atoms with van der Waals surface area (Å²) < 4.78 is 9.15. The van der Waals surface area contributed by atoms with Crippen molar-refractivity contribution in [2.75, 3.05) is 32.6 Å². The highest BCUT2D eigenvalue weighted by Crippen LogP contribution is 2.45. The van der Waals surface area contributed by atoms with Crippen molar-refractivity contribution in [2.45, 2.75) is 44.6 Å². The minimum absolute atomic E-state index is 0.154. The van der Waals surface area contributed by atoms with E-state index >= 15 is 0 Å². The number of esters is 1. The topological polar surface area (TPSA) is 103 Å². The lowest BCUT2D eigenvalue weighted by Crippen LogP contribution is -2.31. The van der Waals surface area contributed by atoms with Gasteiger partial charge < -0.3 is 19.5 Å². The molecule has 0 amide bonds. The standard InChI is InChI=1S/C27H32N8O2/c1-16-20(14-35(32-16)18-10-12-33(2)13-11-18)29-26-25(27(36)37-4)30-24(22(31-26)17-8-9-17)19-6-5-7-21-23(19)28-15-34(21)3/h5-7,14-15,17-18H,8-13H2,1-4H3,(H,29,31). The first-order valence-corrected chi connectivity index (χ1v) is 12.8. The Morgan fingerprint density at radius 3 is 2.62 bits per heavy atom. The van der Waals surface area contributed by atoms with Gasteiger partial charge in [-0.1, -0.05) is 12.1 Å². The molecule has 1 aromatic carbocycles. The van der Waals surface area contributed by atoms with E-state index in [-0.39, 0.29) is 5.69 Å². The van der Waals surface area contributed by atoms with Crippen LogP contribution in [0, 0.1) is 6.92 Å². The number of methoxy groups -OCH3 is 1. The van der Waals surface area contributed by atoms with Crippen LogP contribution in [0.5, 0.6) is 0 Å². The van der Waals surface area contributed by atoms with E-state index in [0.29, 0.717) is 23.5 Å². The van der Waals surface area contributed by atoms with Crippen LogP contribution in [-0.2, 0) is 11.8 Å². The number of anilines is 2. The van der Waals surface area contributed by atoms with Crippen molar-refractivity contribution in [3.8, 4) is 11.3 Å². The number of hydrogen-bond donors (Lipinski definition) is 1. The van der Waals surface area contributed by atoms with Crippen LogP contribution in [0.4, 0.5) is 11.5 Å². The molecule has 10 heteroatoms. The summed E-state index contributed by atoms with van der Waals surface area (Å²) in [6.45, 7) is 4.08. The number of likely N-dealkylation sites (tertiary alicyclic amines) is 1. The molecule has 0 radical (unpaired) electrons. The van der Waals surface area contributed by atoms with Gasteiger partial charge in [0.1, 0.15) is 0 Å². The summed E-state index contributed by atoms with van der Waals surface area (Å²) in [6.07, 6.45) is 8.02. The predicted molar refractivity (Wildman–Crippen MR) is 141 cm³/mol. The van der Waals surface area contributed by atoms with Gasteiger partial charge in [-0.25, -0.2) is 19.7 Å². The molecular weight excluding hydrogens is 468 g/mol. The van der Waals surface area contributed by atoms with Crippen LogP contribution >= 0.6 is 0 Å². The largest absolute Gasteiger partial charge is 0.464 e. The number of fused-ring (bicyclic) bond motifs is 1. The number of carbonyl (C=O) groups excluding carboxylic acids is 1. The van der Waals surface area contributed by atoms with E-state index in [0.717, 1.165) is 72.4 Å². The summed E-state index contributed by atoms with van der Waals surface area (Å²) in [4.78, 5) is 29.8. The molecule has 4 aromatic rings. The number of piperidine rings is 1. The molecule has 1 saturated heterocycles. The van der Waals surface area contributed by atoms with E-state index in [1.807, 2.05) is 47.6 Å². The van der Waals surface area contributed by atoms with Gasteiger partial charge in [0, 0.05) is 24.7 Å². The van der Waals surface area contributed by atoms with Crippen LogP contribution < -0.4 is 5.32 Å². The smallest absolute Gasteiger partial charge is 0.360 e. The van der Waals surface area contributed by atoms with Crippen molar-refractivity contribution in [3.05, 3.63) is 47.8 Å². The number of ether oxygens (including phenoxy) is 1. The Balaban J connectivity index is 1.42. The van der Waals surface area contributed by atoms with E-state index in [9.17, 15) is 4.79 Å². The maximum absolute atomic E-state index is 12.9. The van der Waals surface area contributed by atoms with Crippen molar-refractivity contribution < 1.29 is 9.53 Å². The van der Waals surface area contributed by atoms with E-state index in [1.165, 1.54) is 7.11 Å². The highest BCUT2D eigenvalue weighted by Gasteiger charge is 2.33. The fourth-order valence-corrected chi connectivity index (χ4v) is 5.14. The summed E-state index contributed by atoms with van der Waals surface area (Å²) in [5.41, 5.74) is 6.11. The molecule has 0 atom stereocenters. The van der Waals surface area contributed by atoms with Gasteiger partial charge in [-0.15, -0.1) is 0 Å². The fraction of sp³-hybridized carbons (Fsp3) is 0.444. The number of aromatic nitrogens is 6. The van der Waals surface area contributed by atoms with Gasteiger partial charge in [-0.3, -0.25) is 4.68 Å². The quantitative estimate of drug-likeness (QED) is 0.393. The second kappa shape index (κ2) is 9.26. The molecule has 3 aromatic heterocycles. The van der Waals surface area contributed by atoms with Gasteiger partial charge in [0.15, 0.2) is 11.5 Å². The van der Waals surface area contributed by atoms with Crippen LogP contribution in [0.2, 0.25) is 0 Å². The monoisotopic (exact) mass is 500 g/mol. The molecule has 6 rings (SSSR count). The average Bonchev–Trinajstić information content (AvgIpc) is 3.60. The Bertz CT molecular complexity index is 1480. The van der Waals surface area contributed by atoms with Crippen molar-refractivity contribution in [1.82, 2.24) is 34.2 Å². The molecule has 1 saturated carbocycles. The van der Waals surface area contributed by atoms with Crippen molar-refractivity contribution in [3.63, 3.8) is 0 Å². The van der Waals surface area contributed by atoms with Gasteiger partial charge in [0.2, 0.25) is 0 Å². The van der Waals surface area contributed by atoms with Crippen LogP contribution in [-0.4, -0.2) is 67.4 Å². The molecule has 1 N–H and O–H groups in total. The Hall–Kier alpha value is -3.79. The number of aryl methyl sites for hydroxylation is 2. The zero-order valence-corrected chi connectivity index (χ0v) is 21.7. The first-order valence-electron chi connectivity index (χ1n) is 12.8. The minimum atomic E-state index is -0.535. The molecule has 0 spiro atoms. The van der Waals surface area contributed by atoms with Gasteiger partial charge in [0.05, 0.1) is 53.3 Å². The second-order valence-corrected chi connectivity index (χ2v) is 10.2. The third-order valence-corrected chi connectivity index (χ3v) is 7.51. The zero-order valence-electron chi connectivity index (χ0n) is 21.7. The summed E-state index contributed by atoms with van der Waals surface area (Å²) in [5.74, 6) is 0.167. The summed E-state index contributed by atoms with van der Waals surface area (Å²) in [6, 6.07) is 6.37. The molecule has 192 valence electrons. The Morgan fingerprint density at radius 1 is 1.11 bits per heavy atom. The van der Waals surface area contributed by atoms with Gasteiger partial charge in [0.25, 0.3) is 0 Å². The van der Waals surface area contributed by atoms with Crippen molar-refractivity contribution in [1.29, 1.82) is 0 Å². The lowest BCUT2D eigenvalue weighted by molar-refractivity contribution is 0.0595. The maximum Gasteiger partial charge on any atom is 0.360 e. The molecule has 0 unspecified atom stereocenters. The molecule has 2 fully saturated rings. The molecule has 0 bridgehead atoms. The number of benzene rings is 1. The highest BCUT2D eigenvalue weighted by molar-refractivity contribution is 5.96. The number of rotatable bonds is 6. The first kappa shape index (κ1) is 23.6. The molecule has 4 heterocycles. The number of imidazole rings is 1. The first-order chi connectivity index (χ1) is 17.9. The molecule has 10 nitrogen and oxygen atoms in total. The lowest BCUT2D eigenvalue weighted by Gasteiger charge is -2.28. The van der Waals surface area contributed by atoms with E-state index in [4.69, 9.17) is 19.8 Å². The molecule has 1 aliphatic carbocycles. The van der Waals surface area contributed by atoms with Crippen molar-refractivity contribution >= 4 is 28.5 Å². The summed E-state index contributed by atoms with van der Waals surface area (Å²) in [5, 5.41) is 8.16. The third kappa shape index (κ3) is 4.35. The lowest BCUT2D eigenvalue weighted by atomic mass is 10.0. The Morgan fingerprint density at radius 2 is 1.89 bits per heavy atom. The van der Waals surface area contributed by atoms with Gasteiger partial charge in [-0.2, -0.15) is 5.10 Å². The van der Waals surface area contributed by atoms with Crippen molar-refractivity contribution in [2.24, 2.45) is 7.05 Å². The second-order valence-electron chi connectivity index (χ2n) is 10.2. The van der Waals surface area contributed by atoms with Crippen LogP contribution in [0.25, 0.3) is 22.3 Å². The zero-order chi connectivity index (χ0) is 25.7. The SMILES string of the molecule is COC(=O)c1nc(-c2cccc3c2ncn3C)c(C2CC2)nc1Nc1cn(C2CCN(C)CC2)nc1C. The number of nitrogens with zero attached hydrogens (tertiary/aromatic N) is 7. The van der Waals surface area contributed by atoms with Crippen LogP contribution in [0.15, 0.2) is 30.7 Å². The van der Waals surface area contributed by atoms with E-state index < -0.39 is 5.97 Å². The molecule has 1 aliphatic heterocycles. The van der Waals surface area contributed by atoms with Gasteiger partial charge in [-0.05, 0) is 58.8 Å². The predicted octanol–water partition coefficient (Wildman–Crippen LogP) is 4.21. The molecule has 37 heavy (non-hydrogen) atoms. The summed E-state index contributed by atoms with van der Waals surface area (Å²) >= 11 is 0.